The molecule has 0 bridgehead atoms. The summed E-state index contributed by atoms with van der Waals surface area (Å²) in [4.78, 5) is 75.0. The number of aliphatic hydroxyl groups excluding tert-OH is 1. The highest BCUT2D eigenvalue weighted by molar-refractivity contribution is 5.96. The lowest BCUT2D eigenvalue weighted by Gasteiger charge is -2.25. The molecular formula is C19H34N8O9. The number of rotatable bonds is 17. The molecule has 0 spiro atoms. The number of aliphatic hydroxyl groups is 1. The number of aliphatic carboxylic acids is 2. The molecule has 0 aromatic carbocycles. The Kier molecular flexibility index (Phi) is 14.1. The van der Waals surface area contributed by atoms with Gasteiger partial charge >= 0.3 is 11.9 Å². The van der Waals surface area contributed by atoms with Crippen LogP contribution in [0.2, 0.25) is 0 Å². The van der Waals surface area contributed by atoms with Crippen LogP contribution in [-0.4, -0.2) is 93.7 Å². The molecule has 36 heavy (non-hydrogen) atoms. The quantitative estimate of drug-likeness (QED) is 0.0491. The number of carboxylic acids is 2. The Morgan fingerprint density at radius 1 is 0.861 bits per heavy atom. The third-order valence-electron chi connectivity index (χ3n) is 4.67. The van der Waals surface area contributed by atoms with E-state index < -0.39 is 78.7 Å². The van der Waals surface area contributed by atoms with E-state index >= 15 is 0 Å². The third kappa shape index (κ3) is 13.0. The molecule has 17 heteroatoms. The molecule has 0 aliphatic carbocycles. The number of primary amides is 1. The van der Waals surface area contributed by atoms with E-state index in [0.29, 0.717) is 0 Å². The summed E-state index contributed by atoms with van der Waals surface area (Å²) in [7, 11) is 0. The van der Waals surface area contributed by atoms with Gasteiger partial charge in [0.1, 0.15) is 12.1 Å². The Bertz CT molecular complexity index is 845. The van der Waals surface area contributed by atoms with Gasteiger partial charge in [-0.05, 0) is 26.2 Å². The van der Waals surface area contributed by atoms with E-state index in [0.717, 1.165) is 6.92 Å². The van der Waals surface area contributed by atoms with E-state index in [1.807, 2.05) is 0 Å². The van der Waals surface area contributed by atoms with Crippen molar-refractivity contribution in [3.63, 3.8) is 0 Å². The number of carbonyl (C=O) groups is 6. The van der Waals surface area contributed by atoms with Crippen molar-refractivity contribution in [1.29, 1.82) is 0 Å². The molecule has 0 heterocycles. The van der Waals surface area contributed by atoms with Gasteiger partial charge in [0.25, 0.3) is 0 Å². The number of nitrogens with one attached hydrogen (secondary N) is 3. The first-order valence-electron chi connectivity index (χ1n) is 10.8. The average Bonchev–Trinajstić information content (AvgIpc) is 2.75. The van der Waals surface area contributed by atoms with Crippen LogP contribution in [0.15, 0.2) is 4.99 Å². The number of aliphatic imine (C=N–C) groups is 1. The standard InChI is InChI=1S/C19H34N8O9/c1-8(28)14(18(35)36)27-16(33)10(3-2-6-24-19(22)23)25-17(34)11(7-12(21)29)26-15(32)9(20)4-5-13(30)31/h8-11,14,28H,2-7,20H2,1H3,(H2,21,29)(H,25,34)(H,26,32)(H,27,33)(H,30,31)(H,35,36)(H4,22,23,24). The maximum atomic E-state index is 12.8. The molecule has 5 atom stereocenters. The topological polar surface area (TPSA) is 316 Å². The van der Waals surface area contributed by atoms with Gasteiger partial charge in [0, 0.05) is 13.0 Å². The van der Waals surface area contributed by atoms with Crippen molar-refractivity contribution in [3.05, 3.63) is 0 Å². The first-order chi connectivity index (χ1) is 16.6. The van der Waals surface area contributed by atoms with Gasteiger partial charge in [-0.2, -0.15) is 0 Å². The van der Waals surface area contributed by atoms with Crippen molar-refractivity contribution in [3.8, 4) is 0 Å². The molecule has 0 aromatic heterocycles. The first kappa shape index (κ1) is 32.0. The van der Waals surface area contributed by atoms with E-state index in [4.69, 9.17) is 28.0 Å². The summed E-state index contributed by atoms with van der Waals surface area (Å²) in [5.74, 6) is -6.88. The average molecular weight is 519 g/mol. The second-order valence-corrected chi connectivity index (χ2v) is 7.85. The van der Waals surface area contributed by atoms with Crippen LogP contribution >= 0.6 is 0 Å². The van der Waals surface area contributed by atoms with Crippen molar-refractivity contribution in [1.82, 2.24) is 16.0 Å². The maximum Gasteiger partial charge on any atom is 0.328 e. The minimum Gasteiger partial charge on any atom is -0.481 e. The number of carboxylic acid groups (broad SMARTS) is 2. The zero-order valence-corrected chi connectivity index (χ0v) is 19.7. The molecule has 204 valence electrons. The fourth-order valence-electron chi connectivity index (χ4n) is 2.79. The van der Waals surface area contributed by atoms with Gasteiger partial charge < -0.3 is 54.2 Å². The molecule has 0 aromatic rings. The summed E-state index contributed by atoms with van der Waals surface area (Å²) in [6.07, 6.45) is -2.79. The zero-order chi connectivity index (χ0) is 28.0. The van der Waals surface area contributed by atoms with Gasteiger partial charge in [-0.1, -0.05) is 0 Å². The second-order valence-electron chi connectivity index (χ2n) is 7.85. The molecule has 0 saturated heterocycles. The van der Waals surface area contributed by atoms with Crippen LogP contribution in [0, 0.1) is 0 Å². The minimum absolute atomic E-state index is 0.0562. The highest BCUT2D eigenvalue weighted by atomic mass is 16.4. The number of guanidine groups is 1. The number of hydrogen-bond acceptors (Lipinski definition) is 9. The summed E-state index contributed by atoms with van der Waals surface area (Å²) in [5.41, 5.74) is 21.2. The Balaban J connectivity index is 5.62. The fraction of sp³-hybridized carbons (Fsp3) is 0.632. The Hall–Kier alpha value is -3.99. The molecule has 0 saturated carbocycles. The van der Waals surface area contributed by atoms with Gasteiger partial charge in [-0.15, -0.1) is 0 Å². The van der Waals surface area contributed by atoms with Crippen LogP contribution < -0.4 is 38.9 Å². The van der Waals surface area contributed by atoms with Gasteiger partial charge in [0.05, 0.1) is 18.6 Å². The predicted octanol–water partition coefficient (Wildman–Crippen LogP) is -4.97. The fourth-order valence-corrected chi connectivity index (χ4v) is 2.79. The van der Waals surface area contributed by atoms with Crippen molar-refractivity contribution in [2.75, 3.05) is 6.54 Å². The molecule has 4 amide bonds. The van der Waals surface area contributed by atoms with Gasteiger partial charge in [0.15, 0.2) is 12.0 Å². The number of amides is 4. The normalized spacial score (nSPS) is 14.8. The van der Waals surface area contributed by atoms with E-state index in [1.54, 1.807) is 0 Å². The van der Waals surface area contributed by atoms with E-state index in [9.17, 15) is 39.0 Å². The molecule has 0 aliphatic heterocycles. The summed E-state index contributed by atoms with van der Waals surface area (Å²) >= 11 is 0. The number of nitrogens with zero attached hydrogens (tertiary/aromatic N) is 1. The van der Waals surface area contributed by atoms with Gasteiger partial charge in [0.2, 0.25) is 23.6 Å². The first-order valence-corrected chi connectivity index (χ1v) is 10.8. The van der Waals surface area contributed by atoms with Crippen LogP contribution in [-0.2, 0) is 28.8 Å². The zero-order valence-electron chi connectivity index (χ0n) is 19.7. The molecule has 17 nitrogen and oxygen atoms in total. The summed E-state index contributed by atoms with van der Waals surface area (Å²) in [6.45, 7) is 1.19. The Morgan fingerprint density at radius 2 is 1.42 bits per heavy atom. The van der Waals surface area contributed by atoms with E-state index in [1.165, 1.54) is 0 Å². The molecule has 0 fully saturated rings. The van der Waals surface area contributed by atoms with Gasteiger partial charge in [-0.25, -0.2) is 4.79 Å². The molecule has 5 unspecified atom stereocenters. The minimum atomic E-state index is -1.69. The predicted molar refractivity (Wildman–Crippen MR) is 124 cm³/mol. The SMILES string of the molecule is CC(O)C(NC(=O)C(CCCN=C(N)N)NC(=O)C(CC(N)=O)NC(=O)C(N)CCC(=O)O)C(=O)O. The van der Waals surface area contributed by atoms with Crippen molar-refractivity contribution >= 4 is 41.5 Å². The van der Waals surface area contributed by atoms with Crippen LogP contribution in [0.3, 0.4) is 0 Å². The summed E-state index contributed by atoms with van der Waals surface area (Å²) in [5, 5.41) is 34.1. The molecule has 0 rings (SSSR count). The largest absolute Gasteiger partial charge is 0.481 e. The van der Waals surface area contributed by atoms with Crippen molar-refractivity contribution in [2.45, 2.75) is 69.3 Å². The van der Waals surface area contributed by atoms with Crippen molar-refractivity contribution < 1.29 is 44.1 Å². The van der Waals surface area contributed by atoms with E-state index in [-0.39, 0.29) is 31.8 Å². The summed E-state index contributed by atoms with van der Waals surface area (Å²) in [6, 6.07) is -5.97. The third-order valence-corrected chi connectivity index (χ3v) is 4.67. The van der Waals surface area contributed by atoms with Crippen molar-refractivity contribution in [2.24, 2.45) is 27.9 Å². The Morgan fingerprint density at radius 3 is 1.89 bits per heavy atom. The van der Waals surface area contributed by atoms with Crippen LogP contribution in [0.25, 0.3) is 0 Å². The smallest absolute Gasteiger partial charge is 0.328 e. The Labute approximate surface area is 206 Å². The van der Waals surface area contributed by atoms with Crippen LogP contribution in [0.1, 0.15) is 39.0 Å². The lowest BCUT2D eigenvalue weighted by molar-refractivity contribution is -0.145. The molecule has 0 aliphatic rings. The number of hydrogen-bond donors (Lipinski definition) is 10. The number of nitrogens with two attached hydrogens (primary N) is 4. The molecule has 0 radical (unpaired) electrons. The maximum absolute atomic E-state index is 12.8. The molecule has 14 N–H and O–H groups in total. The second kappa shape index (κ2) is 15.8. The summed E-state index contributed by atoms with van der Waals surface area (Å²) < 4.78 is 0. The lowest BCUT2D eigenvalue weighted by atomic mass is 10.1. The lowest BCUT2D eigenvalue weighted by Crippen LogP contribution is -2.58. The molecular weight excluding hydrogens is 484 g/mol. The highest BCUT2D eigenvalue weighted by Crippen LogP contribution is 2.04. The number of carbonyl (C=O) groups excluding carboxylic acids is 4. The van der Waals surface area contributed by atoms with Crippen LogP contribution in [0.5, 0.6) is 0 Å². The van der Waals surface area contributed by atoms with E-state index in [2.05, 4.69) is 20.9 Å². The van der Waals surface area contributed by atoms with Crippen LogP contribution in [0.4, 0.5) is 0 Å². The van der Waals surface area contributed by atoms with Gasteiger partial charge in [-0.3, -0.25) is 29.0 Å². The monoisotopic (exact) mass is 518 g/mol. The highest BCUT2D eigenvalue weighted by Gasteiger charge is 2.32.